The molecule has 36 heavy (non-hydrogen) atoms. The Balaban J connectivity index is 2.00. The number of aromatic amines is 1. The van der Waals surface area contributed by atoms with E-state index in [0.717, 1.165) is 12.8 Å². The molecule has 0 fully saturated rings. The Hall–Kier alpha value is -3.11. The van der Waals surface area contributed by atoms with E-state index in [1.807, 2.05) is 0 Å². The van der Waals surface area contributed by atoms with Crippen molar-refractivity contribution < 1.29 is 23.8 Å². The molecule has 202 valence electrons. The van der Waals surface area contributed by atoms with E-state index in [4.69, 9.17) is 42.9 Å². The normalized spacial score (nSPS) is 13.1. The fraction of sp³-hybridized carbons (Fsp3) is 0.667. The predicted molar refractivity (Wildman–Crippen MR) is 131 cm³/mol. The van der Waals surface area contributed by atoms with Crippen LogP contribution >= 0.6 is 0 Å². The quantitative estimate of drug-likeness (QED) is 0.0997. The van der Waals surface area contributed by atoms with Gasteiger partial charge in [0.2, 0.25) is 5.95 Å². The van der Waals surface area contributed by atoms with Gasteiger partial charge in [-0.25, -0.2) is 4.98 Å². The Morgan fingerprint density at radius 3 is 2.06 bits per heavy atom. The number of unbranched alkanes of at least 4 members (excludes halogenated alkanes) is 2. The van der Waals surface area contributed by atoms with Crippen LogP contribution in [0, 0.1) is 0 Å². The average Bonchev–Trinajstić information content (AvgIpc) is 3.26. The number of anilines is 1. The van der Waals surface area contributed by atoms with Gasteiger partial charge in [0.05, 0.1) is 6.33 Å². The summed E-state index contributed by atoms with van der Waals surface area (Å²) in [5.74, 6) is -1.31. The lowest BCUT2D eigenvalue weighted by Gasteiger charge is -2.20. The highest BCUT2D eigenvalue weighted by Gasteiger charge is 2.22. The minimum Gasteiger partial charge on any atom is -0.462 e. The lowest BCUT2D eigenvalue weighted by atomic mass is 10.1. The van der Waals surface area contributed by atoms with Crippen molar-refractivity contribution in [3.05, 3.63) is 16.7 Å². The molecule has 15 nitrogen and oxygen atoms in total. The summed E-state index contributed by atoms with van der Waals surface area (Å²) in [6, 6.07) is -1.63. The molecule has 2 aromatic heterocycles. The van der Waals surface area contributed by atoms with Crippen LogP contribution in [0.15, 0.2) is 11.1 Å². The first-order chi connectivity index (χ1) is 17.3. The zero-order valence-corrected chi connectivity index (χ0v) is 20.3. The van der Waals surface area contributed by atoms with Gasteiger partial charge in [-0.15, -0.1) is 0 Å². The van der Waals surface area contributed by atoms with E-state index in [0.29, 0.717) is 38.8 Å². The zero-order chi connectivity index (χ0) is 26.5. The molecule has 0 unspecified atom stereocenters. The van der Waals surface area contributed by atoms with Crippen molar-refractivity contribution in [1.29, 1.82) is 0 Å². The number of H-pyrrole nitrogens is 1. The van der Waals surface area contributed by atoms with Crippen LogP contribution in [-0.2, 0) is 30.5 Å². The van der Waals surface area contributed by atoms with E-state index in [9.17, 15) is 14.4 Å². The molecular formula is C21H37N9O6. The van der Waals surface area contributed by atoms with Gasteiger partial charge < -0.3 is 42.9 Å². The number of nitrogens with zero attached hydrogens (tertiary/aromatic N) is 3. The van der Waals surface area contributed by atoms with Gasteiger partial charge in [0.15, 0.2) is 11.2 Å². The number of hydrogen-bond acceptors (Lipinski definition) is 13. The molecule has 11 N–H and O–H groups in total. The maximum absolute atomic E-state index is 12.3. The number of ether oxygens (including phenoxy) is 3. The molecule has 0 aliphatic carbocycles. The maximum Gasteiger partial charge on any atom is 0.323 e. The Labute approximate surface area is 208 Å². The minimum atomic E-state index is -0.859. The Bertz CT molecular complexity index is 995. The van der Waals surface area contributed by atoms with Crippen molar-refractivity contribution in [2.45, 2.75) is 63.4 Å². The molecule has 2 heterocycles. The second-order valence-corrected chi connectivity index (χ2v) is 8.30. The summed E-state index contributed by atoms with van der Waals surface area (Å²) in [6.45, 7) is 0.403. The first-order valence-electron chi connectivity index (χ1n) is 11.8. The number of aromatic nitrogens is 4. The molecule has 0 amide bonds. The summed E-state index contributed by atoms with van der Waals surface area (Å²) in [4.78, 5) is 46.9. The number of nitrogens with one attached hydrogen (secondary N) is 1. The number of hydrogen-bond donors (Lipinski definition) is 6. The van der Waals surface area contributed by atoms with Crippen LogP contribution in [0.3, 0.4) is 0 Å². The molecule has 0 bridgehead atoms. The minimum absolute atomic E-state index is 0.0779. The van der Waals surface area contributed by atoms with Gasteiger partial charge in [0.1, 0.15) is 38.1 Å². The van der Waals surface area contributed by atoms with E-state index in [1.54, 1.807) is 0 Å². The number of nitrogen functional groups attached to an aromatic ring is 1. The molecule has 2 rings (SSSR count). The first kappa shape index (κ1) is 29.1. The lowest BCUT2D eigenvalue weighted by molar-refractivity contribution is -0.159. The topological polar surface area (TPSA) is 256 Å². The van der Waals surface area contributed by atoms with E-state index in [2.05, 4.69) is 15.0 Å². The van der Waals surface area contributed by atoms with E-state index >= 15 is 0 Å². The van der Waals surface area contributed by atoms with Crippen LogP contribution in [0.5, 0.6) is 0 Å². The molecular weight excluding hydrogens is 474 g/mol. The number of carbonyl (C=O) groups is 2. The van der Waals surface area contributed by atoms with Crippen molar-refractivity contribution >= 4 is 29.1 Å². The third-order valence-electron chi connectivity index (χ3n) is 5.31. The van der Waals surface area contributed by atoms with E-state index in [-0.39, 0.29) is 37.1 Å². The van der Waals surface area contributed by atoms with Gasteiger partial charge >= 0.3 is 11.9 Å². The summed E-state index contributed by atoms with van der Waals surface area (Å²) in [6.07, 6.45) is 4.21. The van der Waals surface area contributed by atoms with Crippen molar-refractivity contribution in [1.82, 2.24) is 19.5 Å². The highest BCUT2D eigenvalue weighted by atomic mass is 16.6. The zero-order valence-electron chi connectivity index (χ0n) is 20.3. The summed E-state index contributed by atoms with van der Waals surface area (Å²) in [5, 5.41) is 0. The average molecular weight is 512 g/mol. The van der Waals surface area contributed by atoms with Gasteiger partial charge in [0, 0.05) is 0 Å². The number of carbonyl (C=O) groups excluding carboxylic acids is 2. The molecule has 0 aliphatic heterocycles. The number of imidazole rings is 1. The van der Waals surface area contributed by atoms with Gasteiger partial charge in [-0.05, 0) is 38.8 Å². The number of rotatable bonds is 17. The second-order valence-electron chi connectivity index (χ2n) is 8.30. The van der Waals surface area contributed by atoms with Crippen LogP contribution in [0.4, 0.5) is 5.95 Å². The Morgan fingerprint density at radius 1 is 0.972 bits per heavy atom. The first-order valence-corrected chi connectivity index (χ1v) is 11.8. The fourth-order valence-corrected chi connectivity index (χ4v) is 3.21. The second kappa shape index (κ2) is 15.1. The van der Waals surface area contributed by atoms with Crippen molar-refractivity contribution in [3.63, 3.8) is 0 Å². The molecule has 0 aromatic carbocycles. The maximum atomic E-state index is 12.3. The number of fused-ring (bicyclic) bond motifs is 1. The Morgan fingerprint density at radius 2 is 1.53 bits per heavy atom. The molecule has 0 radical (unpaired) electrons. The molecule has 0 spiro atoms. The summed E-state index contributed by atoms with van der Waals surface area (Å²) in [7, 11) is 0. The van der Waals surface area contributed by atoms with Gasteiger partial charge in [-0.3, -0.25) is 23.9 Å². The monoisotopic (exact) mass is 511 g/mol. The molecule has 0 saturated heterocycles. The van der Waals surface area contributed by atoms with Crippen LogP contribution in [0.1, 0.15) is 38.5 Å². The van der Waals surface area contributed by atoms with Gasteiger partial charge in [-0.1, -0.05) is 12.8 Å². The van der Waals surface area contributed by atoms with E-state index < -0.39 is 35.7 Å². The van der Waals surface area contributed by atoms with Crippen molar-refractivity contribution in [2.75, 3.05) is 32.0 Å². The molecule has 0 aliphatic rings. The Kier molecular flexibility index (Phi) is 12.2. The highest BCUT2D eigenvalue weighted by Crippen LogP contribution is 2.09. The molecule has 0 saturated carbocycles. The van der Waals surface area contributed by atoms with Crippen LogP contribution < -0.4 is 34.2 Å². The SMILES string of the molecule is NCCCC[C@H](N)C(=O)OCC(COC(=O)[C@@H](N)CCCCN)OCn1cnc2c(=O)[nH]c(N)nc21. The smallest absolute Gasteiger partial charge is 0.323 e. The van der Waals surface area contributed by atoms with Crippen LogP contribution in [0.25, 0.3) is 11.2 Å². The third-order valence-corrected chi connectivity index (χ3v) is 5.31. The largest absolute Gasteiger partial charge is 0.462 e. The summed E-state index contributed by atoms with van der Waals surface area (Å²) in [5.41, 5.74) is 28.1. The number of esters is 2. The summed E-state index contributed by atoms with van der Waals surface area (Å²) < 4.78 is 17.8. The standard InChI is InChI=1S/C21H37N9O6/c22-7-3-1-5-14(24)19(32)34-9-13(10-35-20(33)15(25)6-2-4-8-23)36-12-30-11-27-16-17(30)28-21(26)29-18(16)31/h11,13-15H,1-10,12,22-25H2,(H3,26,28,29,31)/t14-,15-/m0/s1. The fourth-order valence-electron chi connectivity index (χ4n) is 3.21. The van der Waals surface area contributed by atoms with E-state index in [1.165, 1.54) is 10.9 Å². The van der Waals surface area contributed by atoms with Gasteiger partial charge in [-0.2, -0.15) is 4.98 Å². The predicted octanol–water partition coefficient (Wildman–Crippen LogP) is -1.96. The molecule has 2 atom stereocenters. The highest BCUT2D eigenvalue weighted by molar-refractivity contribution is 5.76. The van der Waals surface area contributed by atoms with Crippen LogP contribution in [0.2, 0.25) is 0 Å². The van der Waals surface area contributed by atoms with Crippen LogP contribution in [-0.4, -0.2) is 75.9 Å². The summed E-state index contributed by atoms with van der Waals surface area (Å²) >= 11 is 0. The lowest BCUT2D eigenvalue weighted by Crippen LogP contribution is -2.38. The van der Waals surface area contributed by atoms with Crippen molar-refractivity contribution in [3.8, 4) is 0 Å². The van der Waals surface area contributed by atoms with Gasteiger partial charge in [0.25, 0.3) is 5.56 Å². The number of nitrogens with two attached hydrogens (primary N) is 5. The molecule has 15 heteroatoms. The molecule has 2 aromatic rings. The third kappa shape index (κ3) is 9.16. The van der Waals surface area contributed by atoms with Crippen molar-refractivity contribution in [2.24, 2.45) is 22.9 Å².